The van der Waals surface area contributed by atoms with E-state index < -0.39 is 10.8 Å². The summed E-state index contributed by atoms with van der Waals surface area (Å²) in [4.78, 5) is 26.4. The molecule has 1 aliphatic carbocycles. The molecule has 3 heteroatoms. The van der Waals surface area contributed by atoms with Crippen LogP contribution < -0.4 is 0 Å². The number of ether oxygens (including phenoxy) is 1. The summed E-state index contributed by atoms with van der Waals surface area (Å²) < 4.78 is 5.11. The van der Waals surface area contributed by atoms with Gasteiger partial charge in [0.25, 0.3) is 0 Å². The quantitative estimate of drug-likeness (QED) is 0.719. The Morgan fingerprint density at radius 2 is 1.44 bits per heavy atom. The largest absolute Gasteiger partial charge is 0.469 e. The van der Waals surface area contributed by atoms with Crippen molar-refractivity contribution in [1.82, 2.24) is 0 Å². The Morgan fingerprint density at radius 3 is 1.93 bits per heavy atom. The van der Waals surface area contributed by atoms with Crippen LogP contribution in [0.4, 0.5) is 0 Å². The molecule has 2 aromatic rings. The van der Waals surface area contributed by atoms with Crippen molar-refractivity contribution in [3.05, 3.63) is 71.8 Å². The zero-order chi connectivity index (χ0) is 19.8. The van der Waals surface area contributed by atoms with Crippen LogP contribution >= 0.6 is 0 Å². The smallest absolute Gasteiger partial charge is 0.312 e. The molecule has 1 fully saturated rings. The highest BCUT2D eigenvalue weighted by molar-refractivity contribution is 5.97. The van der Waals surface area contributed by atoms with Crippen LogP contribution in [0.2, 0.25) is 0 Å². The van der Waals surface area contributed by atoms with Gasteiger partial charge in [0.05, 0.1) is 12.5 Å². The topological polar surface area (TPSA) is 43.4 Å². The summed E-state index contributed by atoms with van der Waals surface area (Å²) in [5.74, 6) is -0.514. The highest BCUT2D eigenvalue weighted by Crippen LogP contribution is 2.63. The van der Waals surface area contributed by atoms with Crippen molar-refractivity contribution >= 4 is 11.8 Å². The van der Waals surface area contributed by atoms with Gasteiger partial charge >= 0.3 is 5.97 Å². The molecule has 0 radical (unpaired) electrons. The molecule has 0 saturated heterocycles. The van der Waals surface area contributed by atoms with Gasteiger partial charge in [0.1, 0.15) is 5.78 Å². The Labute approximate surface area is 161 Å². The van der Waals surface area contributed by atoms with Crippen LogP contribution in [-0.2, 0) is 14.3 Å². The normalized spacial score (nSPS) is 28.2. The number of methoxy groups -OCH3 is 1. The fourth-order valence-electron chi connectivity index (χ4n) is 4.96. The fourth-order valence-corrected chi connectivity index (χ4v) is 4.96. The third kappa shape index (κ3) is 2.80. The first-order valence-electron chi connectivity index (χ1n) is 9.49. The second-order valence-electron chi connectivity index (χ2n) is 8.30. The molecule has 0 bridgehead atoms. The molecule has 0 heterocycles. The molecule has 142 valence electrons. The number of carbonyl (C=O) groups is 2. The van der Waals surface area contributed by atoms with Gasteiger partial charge in [0, 0.05) is 23.2 Å². The molecule has 4 atom stereocenters. The summed E-state index contributed by atoms with van der Waals surface area (Å²) in [6.45, 7) is 7.62. The van der Waals surface area contributed by atoms with Gasteiger partial charge in [-0.15, -0.1) is 0 Å². The third-order valence-corrected chi connectivity index (χ3v) is 6.78. The maximum Gasteiger partial charge on any atom is 0.312 e. The Balaban J connectivity index is 2.26. The number of Topliss-reactive ketones (excluding diaryl/α,β-unsaturated/α-hetero) is 1. The van der Waals surface area contributed by atoms with Gasteiger partial charge in [-0.3, -0.25) is 9.59 Å². The monoisotopic (exact) mass is 364 g/mol. The summed E-state index contributed by atoms with van der Waals surface area (Å²) in [5, 5.41) is 0. The number of benzene rings is 2. The molecule has 0 N–H and O–H groups in total. The number of rotatable bonds is 4. The Bertz CT molecular complexity index is 825. The van der Waals surface area contributed by atoms with Gasteiger partial charge in [-0.1, -0.05) is 74.5 Å². The molecule has 3 rings (SSSR count). The second kappa shape index (κ2) is 6.95. The summed E-state index contributed by atoms with van der Waals surface area (Å²) in [7, 11) is 1.39. The lowest BCUT2D eigenvalue weighted by atomic mass is 9.58. The number of esters is 1. The minimum Gasteiger partial charge on any atom is -0.469 e. The molecule has 1 saturated carbocycles. The van der Waals surface area contributed by atoms with E-state index in [2.05, 4.69) is 24.3 Å². The van der Waals surface area contributed by atoms with Crippen LogP contribution in [-0.4, -0.2) is 18.9 Å². The summed E-state index contributed by atoms with van der Waals surface area (Å²) in [5.41, 5.74) is 0.401. The number of carbonyl (C=O) groups excluding carboxylic acids is 2. The molecular formula is C24H28O3. The van der Waals surface area contributed by atoms with Crippen LogP contribution in [0.15, 0.2) is 60.7 Å². The molecule has 1 aliphatic rings. The molecule has 2 aromatic carbocycles. The first-order chi connectivity index (χ1) is 12.8. The van der Waals surface area contributed by atoms with E-state index in [1.807, 2.05) is 64.1 Å². The summed E-state index contributed by atoms with van der Waals surface area (Å²) in [6.07, 6.45) is 0. The zero-order valence-electron chi connectivity index (χ0n) is 16.7. The minimum absolute atomic E-state index is 0.00929. The van der Waals surface area contributed by atoms with Crippen molar-refractivity contribution in [2.75, 3.05) is 7.11 Å². The maximum atomic E-state index is 13.7. The van der Waals surface area contributed by atoms with Crippen molar-refractivity contribution in [3.63, 3.8) is 0 Å². The van der Waals surface area contributed by atoms with Crippen molar-refractivity contribution in [2.45, 2.75) is 39.5 Å². The lowest BCUT2D eigenvalue weighted by molar-refractivity contribution is -0.163. The molecule has 0 aliphatic heterocycles. The van der Waals surface area contributed by atoms with Gasteiger partial charge in [0.2, 0.25) is 0 Å². The van der Waals surface area contributed by atoms with Gasteiger partial charge in [0.15, 0.2) is 0 Å². The van der Waals surface area contributed by atoms with E-state index in [0.717, 1.165) is 11.1 Å². The maximum absolute atomic E-state index is 13.7. The average Bonchev–Trinajstić information content (AvgIpc) is 2.90. The van der Waals surface area contributed by atoms with Gasteiger partial charge in [-0.25, -0.2) is 0 Å². The molecule has 27 heavy (non-hydrogen) atoms. The van der Waals surface area contributed by atoms with Gasteiger partial charge < -0.3 is 4.74 Å². The van der Waals surface area contributed by atoms with Crippen LogP contribution in [0.3, 0.4) is 0 Å². The van der Waals surface area contributed by atoms with Crippen LogP contribution in [0, 0.1) is 16.7 Å². The zero-order valence-corrected chi connectivity index (χ0v) is 16.7. The fraction of sp³-hybridized carbons (Fsp3) is 0.417. The number of hydrogen-bond acceptors (Lipinski definition) is 3. The molecule has 0 unspecified atom stereocenters. The number of ketones is 1. The van der Waals surface area contributed by atoms with Gasteiger partial charge in [-0.05, 0) is 25.0 Å². The molecule has 0 amide bonds. The predicted molar refractivity (Wildman–Crippen MR) is 106 cm³/mol. The lowest BCUT2D eigenvalue weighted by Crippen LogP contribution is -2.48. The van der Waals surface area contributed by atoms with E-state index >= 15 is 0 Å². The first-order valence-corrected chi connectivity index (χ1v) is 9.49. The Kier molecular flexibility index (Phi) is 4.98. The summed E-state index contributed by atoms with van der Waals surface area (Å²) in [6, 6.07) is 20.3. The highest BCUT2D eigenvalue weighted by atomic mass is 16.5. The molecule has 0 spiro atoms. The van der Waals surface area contributed by atoms with Crippen LogP contribution in [0.1, 0.15) is 50.7 Å². The highest BCUT2D eigenvalue weighted by Gasteiger charge is 2.65. The van der Waals surface area contributed by atoms with Gasteiger partial charge in [-0.2, -0.15) is 0 Å². The second-order valence-corrected chi connectivity index (χ2v) is 8.30. The van der Waals surface area contributed by atoms with E-state index in [0.29, 0.717) is 0 Å². The van der Waals surface area contributed by atoms with Crippen molar-refractivity contribution in [3.8, 4) is 0 Å². The summed E-state index contributed by atoms with van der Waals surface area (Å²) >= 11 is 0. The molecule has 0 aromatic heterocycles. The van der Waals surface area contributed by atoms with Crippen molar-refractivity contribution in [2.24, 2.45) is 16.7 Å². The average molecular weight is 364 g/mol. The first kappa shape index (κ1) is 19.3. The minimum atomic E-state index is -0.947. The van der Waals surface area contributed by atoms with E-state index in [1.165, 1.54) is 7.11 Å². The Hall–Kier alpha value is -2.42. The number of hydrogen-bond donors (Lipinski definition) is 0. The predicted octanol–water partition coefficient (Wildman–Crippen LogP) is 4.98. The third-order valence-electron chi connectivity index (χ3n) is 6.78. The van der Waals surface area contributed by atoms with Crippen molar-refractivity contribution < 1.29 is 14.3 Å². The van der Waals surface area contributed by atoms with Crippen LogP contribution in [0.5, 0.6) is 0 Å². The van der Waals surface area contributed by atoms with Crippen LogP contribution in [0.25, 0.3) is 0 Å². The lowest BCUT2D eigenvalue weighted by Gasteiger charge is -2.43. The SMILES string of the molecule is COC(=O)C(C)(C)[C@@]1(C)C(=O)[C@H](C)[C@@H](c2ccccc2)[C@@H]1c1ccccc1. The van der Waals surface area contributed by atoms with E-state index in [4.69, 9.17) is 4.74 Å². The van der Waals surface area contributed by atoms with E-state index in [-0.39, 0.29) is 29.5 Å². The Morgan fingerprint density at radius 1 is 0.963 bits per heavy atom. The van der Waals surface area contributed by atoms with E-state index in [1.54, 1.807) is 0 Å². The van der Waals surface area contributed by atoms with Crippen molar-refractivity contribution in [1.29, 1.82) is 0 Å². The van der Waals surface area contributed by atoms with E-state index in [9.17, 15) is 9.59 Å². The standard InChI is InChI=1S/C24H28O3/c1-16-19(17-12-8-6-9-13-17)20(18-14-10-7-11-15-18)24(4,21(16)25)23(2,3)22(26)27-5/h6-16,19-20H,1-5H3/t16-,19+,20+,24-/m1/s1. The molecule has 3 nitrogen and oxygen atoms in total. The molecular weight excluding hydrogens is 336 g/mol.